The molecule has 0 spiro atoms. The van der Waals surface area contributed by atoms with Crippen molar-refractivity contribution in [2.24, 2.45) is 23.5 Å². The molecule has 110 valence electrons. The van der Waals surface area contributed by atoms with E-state index < -0.39 is 0 Å². The van der Waals surface area contributed by atoms with Crippen molar-refractivity contribution in [3.63, 3.8) is 0 Å². The molecule has 1 aliphatic heterocycles. The lowest BCUT2D eigenvalue weighted by molar-refractivity contribution is -0.145. The summed E-state index contributed by atoms with van der Waals surface area (Å²) in [7, 11) is 0. The van der Waals surface area contributed by atoms with E-state index in [2.05, 4.69) is 32.6 Å². The highest BCUT2D eigenvalue weighted by Crippen LogP contribution is 2.36. The van der Waals surface area contributed by atoms with Crippen LogP contribution < -0.4 is 5.73 Å². The molecule has 1 heterocycles. The molecule has 2 N–H and O–H groups in total. The van der Waals surface area contributed by atoms with Crippen LogP contribution in [0.15, 0.2) is 0 Å². The van der Waals surface area contributed by atoms with Gasteiger partial charge in [-0.1, -0.05) is 13.8 Å². The molecule has 1 amide bonds. The third kappa shape index (κ3) is 2.96. The number of nitrogens with zero attached hydrogens (tertiary/aromatic N) is 1. The summed E-state index contributed by atoms with van der Waals surface area (Å²) in [5.41, 5.74) is 6.20. The zero-order valence-electron chi connectivity index (χ0n) is 12.9. The van der Waals surface area contributed by atoms with Crippen LogP contribution in [0, 0.1) is 17.8 Å². The van der Waals surface area contributed by atoms with Gasteiger partial charge >= 0.3 is 0 Å². The average Bonchev–Trinajstić information content (AvgIpc) is 2.33. The minimum Gasteiger partial charge on any atom is -0.337 e. The molecule has 0 bridgehead atoms. The summed E-state index contributed by atoms with van der Waals surface area (Å²) < 4.78 is 0. The van der Waals surface area contributed by atoms with Gasteiger partial charge in [0.2, 0.25) is 5.91 Å². The van der Waals surface area contributed by atoms with Gasteiger partial charge < -0.3 is 10.6 Å². The molecule has 6 unspecified atom stereocenters. The van der Waals surface area contributed by atoms with E-state index in [1.807, 2.05) is 0 Å². The minimum atomic E-state index is 0.147. The largest absolute Gasteiger partial charge is 0.337 e. The molecular weight excluding hydrogens is 236 g/mol. The van der Waals surface area contributed by atoms with Crippen molar-refractivity contribution in [1.82, 2.24) is 4.90 Å². The second-order valence-corrected chi connectivity index (χ2v) is 7.07. The maximum Gasteiger partial charge on any atom is 0.226 e. The zero-order chi connectivity index (χ0) is 14.2. The van der Waals surface area contributed by atoms with Crippen molar-refractivity contribution in [1.29, 1.82) is 0 Å². The first-order valence-corrected chi connectivity index (χ1v) is 7.99. The summed E-state index contributed by atoms with van der Waals surface area (Å²) in [5.74, 6) is 1.54. The number of carbonyl (C=O) groups excluding carboxylic acids is 1. The Morgan fingerprint density at radius 1 is 1.00 bits per heavy atom. The molecule has 1 aliphatic carbocycles. The number of likely N-dealkylation sites (tertiary alicyclic amines) is 1. The van der Waals surface area contributed by atoms with E-state index in [-0.39, 0.29) is 12.0 Å². The predicted octanol–water partition coefficient (Wildman–Crippen LogP) is 2.79. The smallest absolute Gasteiger partial charge is 0.226 e. The summed E-state index contributed by atoms with van der Waals surface area (Å²) >= 11 is 0. The van der Waals surface area contributed by atoms with Crippen molar-refractivity contribution in [2.45, 2.75) is 77.9 Å². The summed E-state index contributed by atoms with van der Waals surface area (Å²) in [6, 6.07) is 0.999. The number of amides is 1. The highest BCUT2D eigenvalue weighted by Gasteiger charge is 2.40. The lowest BCUT2D eigenvalue weighted by Gasteiger charge is -2.44. The van der Waals surface area contributed by atoms with Crippen LogP contribution in [0.4, 0.5) is 0 Å². The van der Waals surface area contributed by atoms with Crippen LogP contribution in [-0.2, 0) is 4.79 Å². The lowest BCUT2D eigenvalue weighted by Crippen LogP contribution is -2.53. The molecule has 0 aromatic rings. The first kappa shape index (κ1) is 14.8. The van der Waals surface area contributed by atoms with Gasteiger partial charge in [0.05, 0.1) is 0 Å². The molecule has 1 saturated carbocycles. The molecular formula is C16H30N2O. The van der Waals surface area contributed by atoms with Gasteiger partial charge in [-0.2, -0.15) is 0 Å². The van der Waals surface area contributed by atoms with Crippen LogP contribution in [0.1, 0.15) is 59.8 Å². The quantitative estimate of drug-likeness (QED) is 0.793. The molecule has 3 nitrogen and oxygen atoms in total. The Hall–Kier alpha value is -0.570. The predicted molar refractivity (Wildman–Crippen MR) is 78.6 cm³/mol. The van der Waals surface area contributed by atoms with Gasteiger partial charge in [0, 0.05) is 24.0 Å². The normalized spacial score (nSPS) is 44.2. The molecule has 2 fully saturated rings. The van der Waals surface area contributed by atoms with Crippen molar-refractivity contribution in [2.75, 3.05) is 0 Å². The fourth-order valence-electron chi connectivity index (χ4n) is 4.07. The third-order valence-electron chi connectivity index (χ3n) is 5.45. The second kappa shape index (κ2) is 5.82. The fourth-order valence-corrected chi connectivity index (χ4v) is 4.07. The van der Waals surface area contributed by atoms with Crippen LogP contribution in [-0.4, -0.2) is 28.9 Å². The molecule has 2 aliphatic rings. The number of hydrogen-bond donors (Lipinski definition) is 1. The van der Waals surface area contributed by atoms with Crippen LogP contribution in [0.2, 0.25) is 0 Å². The number of carbonyl (C=O) groups is 1. The van der Waals surface area contributed by atoms with Crippen LogP contribution in [0.25, 0.3) is 0 Å². The van der Waals surface area contributed by atoms with Gasteiger partial charge in [-0.25, -0.2) is 0 Å². The number of rotatable bonds is 1. The van der Waals surface area contributed by atoms with E-state index in [0.29, 0.717) is 29.8 Å². The monoisotopic (exact) mass is 266 g/mol. The van der Waals surface area contributed by atoms with E-state index in [0.717, 1.165) is 25.7 Å². The Labute approximate surface area is 117 Å². The van der Waals surface area contributed by atoms with Crippen molar-refractivity contribution in [3.8, 4) is 0 Å². The summed E-state index contributed by atoms with van der Waals surface area (Å²) in [6.07, 6.45) is 5.52. The fraction of sp³-hybridized carbons (Fsp3) is 0.938. The molecule has 0 radical (unpaired) electrons. The molecule has 3 heteroatoms. The van der Waals surface area contributed by atoms with Gasteiger partial charge in [0.15, 0.2) is 0 Å². The standard InChI is InChI=1S/C16H30N2O/c1-10-8-11(2)15(17)9-14(10)16(19)18-12(3)6-5-7-13(18)4/h10-15H,5-9,17H2,1-4H3. The molecule has 1 saturated heterocycles. The molecule has 0 aromatic carbocycles. The Morgan fingerprint density at radius 3 is 2.16 bits per heavy atom. The van der Waals surface area contributed by atoms with E-state index >= 15 is 0 Å². The Kier molecular flexibility index (Phi) is 4.54. The summed E-state index contributed by atoms with van der Waals surface area (Å²) in [5, 5.41) is 0. The maximum atomic E-state index is 12.9. The SMILES string of the molecule is CC1CC(C)C(C(=O)N2C(C)CCCC2C)CC1N. The van der Waals surface area contributed by atoms with E-state index in [1.54, 1.807) is 0 Å². The van der Waals surface area contributed by atoms with Crippen molar-refractivity contribution < 1.29 is 4.79 Å². The van der Waals surface area contributed by atoms with Gasteiger partial charge in [-0.05, 0) is 57.8 Å². The van der Waals surface area contributed by atoms with Gasteiger partial charge in [-0.3, -0.25) is 4.79 Å². The van der Waals surface area contributed by atoms with Crippen LogP contribution in [0.3, 0.4) is 0 Å². The van der Waals surface area contributed by atoms with E-state index in [4.69, 9.17) is 5.73 Å². The minimum absolute atomic E-state index is 0.147. The highest BCUT2D eigenvalue weighted by molar-refractivity contribution is 5.80. The first-order chi connectivity index (χ1) is 8.91. The van der Waals surface area contributed by atoms with Crippen molar-refractivity contribution >= 4 is 5.91 Å². The highest BCUT2D eigenvalue weighted by atomic mass is 16.2. The summed E-state index contributed by atoms with van der Waals surface area (Å²) in [4.78, 5) is 15.1. The number of piperidine rings is 1. The Bertz CT molecular complexity index is 321. The first-order valence-electron chi connectivity index (χ1n) is 7.99. The van der Waals surface area contributed by atoms with Gasteiger partial charge in [-0.15, -0.1) is 0 Å². The maximum absolute atomic E-state index is 12.9. The van der Waals surface area contributed by atoms with Crippen LogP contribution in [0.5, 0.6) is 0 Å². The molecule has 6 atom stereocenters. The zero-order valence-corrected chi connectivity index (χ0v) is 12.9. The number of nitrogens with two attached hydrogens (primary N) is 1. The lowest BCUT2D eigenvalue weighted by atomic mass is 9.72. The van der Waals surface area contributed by atoms with E-state index in [1.165, 1.54) is 6.42 Å². The van der Waals surface area contributed by atoms with Crippen LogP contribution >= 0.6 is 0 Å². The third-order valence-corrected chi connectivity index (χ3v) is 5.45. The Morgan fingerprint density at radius 2 is 1.58 bits per heavy atom. The second-order valence-electron chi connectivity index (χ2n) is 7.07. The van der Waals surface area contributed by atoms with E-state index in [9.17, 15) is 4.79 Å². The van der Waals surface area contributed by atoms with Gasteiger partial charge in [0.1, 0.15) is 0 Å². The topological polar surface area (TPSA) is 46.3 Å². The molecule has 0 aromatic heterocycles. The summed E-state index contributed by atoms with van der Waals surface area (Å²) in [6.45, 7) is 8.84. The average molecular weight is 266 g/mol. The Balaban J connectivity index is 2.09. The molecule has 19 heavy (non-hydrogen) atoms. The van der Waals surface area contributed by atoms with Gasteiger partial charge in [0.25, 0.3) is 0 Å². The van der Waals surface area contributed by atoms with Crippen molar-refractivity contribution in [3.05, 3.63) is 0 Å². The number of hydrogen-bond acceptors (Lipinski definition) is 2. The molecule has 2 rings (SSSR count).